The normalized spacial score (nSPS) is 10.9. The van der Waals surface area contributed by atoms with Crippen LogP contribution in [0.5, 0.6) is 0 Å². The molecule has 2 rings (SSSR count). The Bertz CT molecular complexity index is 457. The summed E-state index contributed by atoms with van der Waals surface area (Å²) < 4.78 is 36.4. The van der Waals surface area contributed by atoms with Crippen LogP contribution in [0.2, 0.25) is 0 Å². The van der Waals surface area contributed by atoms with Crippen LogP contribution in [-0.4, -0.2) is 12.0 Å². The molecule has 0 aliphatic heterocycles. The molecule has 2 aromatic rings. The molecule has 1 nitrogen and oxygen atoms in total. The second kappa shape index (κ2) is 5.79. The summed E-state index contributed by atoms with van der Waals surface area (Å²) >= 11 is 0.685. The summed E-state index contributed by atoms with van der Waals surface area (Å²) in [7, 11) is 0. The second-order valence-corrected chi connectivity index (χ2v) is 4.07. The van der Waals surface area contributed by atoms with Crippen molar-refractivity contribution in [2.45, 2.75) is 0 Å². The molecule has 0 atom stereocenters. The van der Waals surface area contributed by atoms with E-state index in [4.69, 9.17) is 0 Å². The van der Waals surface area contributed by atoms with Gasteiger partial charge in [-0.2, -0.15) is 11.3 Å². The molecule has 0 N–H and O–H groups in total. The maximum Gasteiger partial charge on any atom is 1.00 e. The molecule has 0 fully saturated rings. The summed E-state index contributed by atoms with van der Waals surface area (Å²) in [5.74, 6) is 0. The van der Waals surface area contributed by atoms with Crippen molar-refractivity contribution in [1.82, 2.24) is 4.98 Å². The van der Waals surface area contributed by atoms with Crippen molar-refractivity contribution < 1.29 is 64.3 Å². The molecule has 0 spiro atoms. The van der Waals surface area contributed by atoms with Crippen LogP contribution in [-0.2, 0) is 0 Å². The molecule has 1 aromatic heterocycles. The van der Waals surface area contributed by atoms with E-state index >= 15 is 0 Å². The van der Waals surface area contributed by atoms with Gasteiger partial charge < -0.3 is 12.9 Å². The number of thiazole rings is 1. The van der Waals surface area contributed by atoms with Gasteiger partial charge in [-0.25, -0.2) is 4.98 Å². The van der Waals surface area contributed by atoms with Crippen LogP contribution in [0.1, 0.15) is 0 Å². The van der Waals surface area contributed by atoms with Crippen LogP contribution in [0.15, 0.2) is 36.5 Å². The van der Waals surface area contributed by atoms with Gasteiger partial charge in [-0.1, -0.05) is 30.3 Å². The fraction of sp³-hybridized carbons (Fsp3) is 0. The summed E-state index contributed by atoms with van der Waals surface area (Å²) in [4.78, 5) is 3.77. The van der Waals surface area contributed by atoms with Gasteiger partial charge >= 0.3 is 58.4 Å². The van der Waals surface area contributed by atoms with Crippen molar-refractivity contribution in [3.63, 3.8) is 0 Å². The number of benzene rings is 1. The van der Waals surface area contributed by atoms with Gasteiger partial charge in [0.25, 0.3) is 0 Å². The van der Waals surface area contributed by atoms with Crippen molar-refractivity contribution in [1.29, 1.82) is 0 Å². The fourth-order valence-electron chi connectivity index (χ4n) is 1.15. The number of halogens is 3. The summed E-state index contributed by atoms with van der Waals surface area (Å²) in [5, 5.41) is 0.407. The average Bonchev–Trinajstić information content (AvgIpc) is 2.67. The molecular weight excluding hydrogens is 261 g/mol. The van der Waals surface area contributed by atoms with Crippen LogP contribution in [0.25, 0.3) is 10.6 Å². The Morgan fingerprint density at radius 3 is 2.19 bits per heavy atom. The first-order valence-corrected chi connectivity index (χ1v) is 5.10. The third-order valence-corrected chi connectivity index (χ3v) is 3.01. The van der Waals surface area contributed by atoms with Crippen LogP contribution >= 0.6 is 11.3 Å². The Morgan fingerprint density at radius 2 is 1.69 bits per heavy atom. The summed E-state index contributed by atoms with van der Waals surface area (Å²) in [6.45, 7) is -4.93. The van der Waals surface area contributed by atoms with Crippen LogP contribution in [0, 0.1) is 0 Å². The third kappa shape index (κ3) is 3.41. The second-order valence-electron chi connectivity index (χ2n) is 3.01. The number of aromatic nitrogens is 1. The molecule has 1 aromatic carbocycles. The van der Waals surface area contributed by atoms with E-state index in [1.54, 1.807) is 24.3 Å². The van der Waals surface area contributed by atoms with Crippen molar-refractivity contribution >= 4 is 23.1 Å². The van der Waals surface area contributed by atoms with E-state index in [0.717, 1.165) is 6.20 Å². The minimum Gasteiger partial charge on any atom is -0.444 e. The van der Waals surface area contributed by atoms with Crippen molar-refractivity contribution in [3.8, 4) is 10.6 Å². The predicted octanol–water partition coefficient (Wildman–Crippen LogP) is -0.132. The van der Waals surface area contributed by atoms with Gasteiger partial charge in [0.1, 0.15) is 5.01 Å². The molecule has 0 aliphatic rings. The molecular formula is C9H6BF3KNS. The molecule has 7 heteroatoms. The number of hydrogen-bond donors (Lipinski definition) is 0. The van der Waals surface area contributed by atoms with Crippen molar-refractivity contribution in [2.75, 3.05) is 0 Å². The van der Waals surface area contributed by atoms with Crippen LogP contribution in [0.4, 0.5) is 12.9 Å². The van der Waals surface area contributed by atoms with E-state index in [-0.39, 0.29) is 51.4 Å². The van der Waals surface area contributed by atoms with Gasteiger partial charge in [0.15, 0.2) is 0 Å². The molecule has 0 radical (unpaired) electrons. The van der Waals surface area contributed by atoms with Crippen molar-refractivity contribution in [2.24, 2.45) is 0 Å². The fourth-order valence-corrected chi connectivity index (χ4v) is 1.97. The van der Waals surface area contributed by atoms with E-state index in [1.807, 2.05) is 6.07 Å². The Balaban J connectivity index is 0.00000128. The molecule has 0 unspecified atom stereocenters. The Labute approximate surface area is 138 Å². The largest absolute Gasteiger partial charge is 1.00 e. The van der Waals surface area contributed by atoms with Gasteiger partial charge in [0.05, 0.1) is 0 Å². The zero-order valence-corrected chi connectivity index (χ0v) is 12.5. The van der Waals surface area contributed by atoms with Gasteiger partial charge in [0.2, 0.25) is 0 Å². The monoisotopic (exact) mass is 267 g/mol. The van der Waals surface area contributed by atoms with E-state index in [0.29, 0.717) is 21.9 Å². The number of hydrogen-bond acceptors (Lipinski definition) is 2. The third-order valence-electron chi connectivity index (χ3n) is 1.87. The van der Waals surface area contributed by atoms with E-state index < -0.39 is 11.8 Å². The van der Waals surface area contributed by atoms with Crippen LogP contribution < -0.4 is 56.2 Å². The van der Waals surface area contributed by atoms with Gasteiger partial charge in [0, 0.05) is 11.8 Å². The molecule has 0 amide bonds. The first-order valence-electron chi connectivity index (χ1n) is 4.28. The molecule has 0 saturated carbocycles. The van der Waals surface area contributed by atoms with Crippen LogP contribution in [0.3, 0.4) is 0 Å². The Hall–Kier alpha value is 0.341. The standard InChI is InChI=1S/C9H6BF3NS.K/c11-10(12,13)8-6-14-9(15-8)7-4-2-1-3-5-7;/h1-6H;/q-1;+1. The summed E-state index contributed by atoms with van der Waals surface area (Å²) in [6, 6.07) is 8.84. The molecule has 0 aliphatic carbocycles. The zero-order valence-electron chi connectivity index (χ0n) is 8.53. The number of nitrogens with zero attached hydrogens (tertiary/aromatic N) is 1. The molecule has 0 saturated heterocycles. The SMILES string of the molecule is F[B-](F)(F)c1cnc(-c2ccccc2)s1.[K+]. The quantitative estimate of drug-likeness (QED) is 0.691. The van der Waals surface area contributed by atoms with E-state index in [9.17, 15) is 12.9 Å². The molecule has 78 valence electrons. The van der Waals surface area contributed by atoms with E-state index in [1.165, 1.54) is 0 Å². The molecule has 1 heterocycles. The number of rotatable bonds is 2. The minimum atomic E-state index is -4.93. The molecule has 16 heavy (non-hydrogen) atoms. The van der Waals surface area contributed by atoms with Gasteiger partial charge in [-0.15, -0.1) is 0 Å². The van der Waals surface area contributed by atoms with Crippen molar-refractivity contribution in [3.05, 3.63) is 36.5 Å². The maximum atomic E-state index is 12.3. The Morgan fingerprint density at radius 1 is 1.06 bits per heavy atom. The first-order chi connectivity index (χ1) is 7.07. The average molecular weight is 267 g/mol. The summed E-state index contributed by atoms with van der Waals surface area (Å²) in [6.07, 6.45) is 0.896. The predicted molar refractivity (Wildman–Crippen MR) is 56.3 cm³/mol. The van der Waals surface area contributed by atoms with Gasteiger partial charge in [-0.05, 0) is 4.78 Å². The summed E-state index contributed by atoms with van der Waals surface area (Å²) in [5.41, 5.74) is 0.716. The maximum absolute atomic E-state index is 12.3. The smallest absolute Gasteiger partial charge is 0.444 e. The van der Waals surface area contributed by atoms with E-state index in [2.05, 4.69) is 4.98 Å². The Kier molecular flexibility index (Phi) is 5.21. The minimum absolute atomic E-state index is 0. The van der Waals surface area contributed by atoms with Gasteiger partial charge in [-0.3, -0.25) is 0 Å². The topological polar surface area (TPSA) is 12.9 Å². The zero-order chi connectivity index (χ0) is 10.9. The first kappa shape index (κ1) is 14.4. The molecule has 0 bridgehead atoms.